The van der Waals surface area contributed by atoms with Crippen LogP contribution in [0.1, 0.15) is 36.8 Å². The van der Waals surface area contributed by atoms with Gasteiger partial charge in [-0.25, -0.2) is 0 Å². The van der Waals surface area contributed by atoms with Crippen LogP contribution in [-0.2, 0) is 17.5 Å². The first-order chi connectivity index (χ1) is 18.9. The van der Waals surface area contributed by atoms with Gasteiger partial charge in [0.05, 0.1) is 5.56 Å². The van der Waals surface area contributed by atoms with Gasteiger partial charge < -0.3 is 20.7 Å². The van der Waals surface area contributed by atoms with Crippen molar-refractivity contribution in [3.05, 3.63) is 59.7 Å². The van der Waals surface area contributed by atoms with Gasteiger partial charge in [0.1, 0.15) is 5.75 Å². The van der Waals surface area contributed by atoms with Gasteiger partial charge in [-0.05, 0) is 43.9 Å². The topological polar surface area (TPSA) is 101 Å². The summed E-state index contributed by atoms with van der Waals surface area (Å²) in [6, 6.07) is 10.0. The van der Waals surface area contributed by atoms with Crippen molar-refractivity contribution in [2.24, 2.45) is 5.92 Å². The van der Waals surface area contributed by atoms with Gasteiger partial charge in [0, 0.05) is 36.7 Å². The number of anilines is 2. The van der Waals surface area contributed by atoms with Gasteiger partial charge in [-0.2, -0.15) is 28.1 Å². The summed E-state index contributed by atoms with van der Waals surface area (Å²) in [4.78, 5) is 25.6. The maximum absolute atomic E-state index is 12.9. The van der Waals surface area contributed by atoms with Crippen LogP contribution in [0, 0.1) is 5.92 Å². The zero-order valence-corrected chi connectivity index (χ0v) is 21.2. The van der Waals surface area contributed by atoms with Gasteiger partial charge in [-0.3, -0.25) is 4.79 Å². The van der Waals surface area contributed by atoms with Gasteiger partial charge in [0.25, 0.3) is 0 Å². The van der Waals surface area contributed by atoms with E-state index in [4.69, 9.17) is 0 Å². The number of alkyl halides is 6. The molecule has 40 heavy (non-hydrogen) atoms. The summed E-state index contributed by atoms with van der Waals surface area (Å²) in [5, 5.41) is 8.72. The molecule has 0 saturated heterocycles. The molecule has 1 fully saturated rings. The van der Waals surface area contributed by atoms with Crippen molar-refractivity contribution >= 4 is 17.8 Å². The highest BCUT2D eigenvalue weighted by Gasteiger charge is 2.33. The lowest BCUT2D eigenvalue weighted by Crippen LogP contribution is -2.36. The van der Waals surface area contributed by atoms with Crippen LogP contribution >= 0.6 is 0 Å². The molecule has 1 saturated carbocycles. The lowest BCUT2D eigenvalue weighted by molar-refractivity contribution is -0.274. The maximum Gasteiger partial charge on any atom is 0.573 e. The van der Waals surface area contributed by atoms with Crippen molar-refractivity contribution in [1.29, 1.82) is 0 Å². The van der Waals surface area contributed by atoms with Crippen LogP contribution in [0.5, 0.6) is 5.75 Å². The number of benzene rings is 2. The highest BCUT2D eigenvalue weighted by Crippen LogP contribution is 2.31. The Morgan fingerprint density at radius 1 is 0.900 bits per heavy atom. The van der Waals surface area contributed by atoms with Gasteiger partial charge in [-0.15, -0.1) is 13.2 Å². The Kier molecular flexibility index (Phi) is 8.64. The van der Waals surface area contributed by atoms with Crippen molar-refractivity contribution in [3.63, 3.8) is 0 Å². The van der Waals surface area contributed by atoms with E-state index < -0.39 is 18.1 Å². The molecule has 0 unspecified atom stereocenters. The number of nitrogens with one attached hydrogen (secondary N) is 3. The Bertz CT molecular complexity index is 1310. The lowest BCUT2D eigenvalue weighted by Gasteiger charge is -2.28. The van der Waals surface area contributed by atoms with Crippen LogP contribution in [0.15, 0.2) is 48.5 Å². The first-order valence-electron chi connectivity index (χ1n) is 12.4. The normalized spacial score (nSPS) is 17.7. The summed E-state index contributed by atoms with van der Waals surface area (Å²) in [7, 11) is 1.60. The Balaban J connectivity index is 1.34. The van der Waals surface area contributed by atoms with Crippen molar-refractivity contribution in [1.82, 2.24) is 20.3 Å². The number of rotatable bonds is 8. The van der Waals surface area contributed by atoms with Gasteiger partial charge in [0.15, 0.2) is 5.82 Å². The number of halogens is 6. The van der Waals surface area contributed by atoms with Crippen molar-refractivity contribution in [3.8, 4) is 17.1 Å². The highest BCUT2D eigenvalue weighted by atomic mass is 19.4. The van der Waals surface area contributed by atoms with Crippen LogP contribution in [-0.4, -0.2) is 40.3 Å². The molecule has 2 aromatic carbocycles. The number of aromatic nitrogens is 3. The lowest BCUT2D eigenvalue weighted by atomic mass is 9.85. The predicted octanol–water partition coefficient (Wildman–Crippen LogP) is 5.78. The minimum atomic E-state index is -4.84. The molecule has 4 rings (SSSR count). The Morgan fingerprint density at radius 2 is 1.55 bits per heavy atom. The number of carbonyl (C=O) groups is 1. The molecule has 1 aliphatic rings. The molecule has 1 heterocycles. The Morgan fingerprint density at radius 3 is 2.17 bits per heavy atom. The molecule has 0 atom stereocenters. The SMILES string of the molecule is CNc1nc(NC2CCC(C(=O)NCc3ccccc3OC(F)(F)F)CC2)nc(-c2ccc(C(F)(F)F)cc2)n1. The van der Waals surface area contributed by atoms with Gasteiger partial charge >= 0.3 is 12.5 Å². The van der Waals surface area contributed by atoms with Crippen LogP contribution in [0.2, 0.25) is 0 Å². The maximum atomic E-state index is 12.9. The third-order valence-corrected chi connectivity index (χ3v) is 6.41. The fourth-order valence-electron chi connectivity index (χ4n) is 4.37. The molecule has 14 heteroatoms. The number of amides is 1. The third-order valence-electron chi connectivity index (χ3n) is 6.41. The molecule has 3 N–H and O–H groups in total. The molecule has 0 aliphatic heterocycles. The average Bonchev–Trinajstić information content (AvgIpc) is 2.91. The molecule has 3 aromatic rings. The molecule has 1 aliphatic carbocycles. The summed E-state index contributed by atoms with van der Waals surface area (Å²) < 4.78 is 80.7. The van der Waals surface area contributed by atoms with Gasteiger partial charge in [-0.1, -0.05) is 30.3 Å². The number of ether oxygens (including phenoxy) is 1. The predicted molar refractivity (Wildman–Crippen MR) is 134 cm³/mol. The first kappa shape index (κ1) is 28.9. The van der Waals surface area contributed by atoms with Crippen LogP contribution in [0.25, 0.3) is 11.4 Å². The molecule has 1 amide bonds. The van der Waals surface area contributed by atoms with E-state index in [1.807, 2.05) is 0 Å². The van der Waals surface area contributed by atoms with E-state index in [1.165, 1.54) is 30.3 Å². The number of carbonyl (C=O) groups excluding carboxylic acids is 1. The van der Waals surface area contributed by atoms with E-state index in [-0.39, 0.29) is 53.4 Å². The number of hydrogen-bond donors (Lipinski definition) is 3. The second-order valence-corrected chi connectivity index (χ2v) is 9.20. The molecule has 1 aromatic heterocycles. The van der Waals surface area contributed by atoms with Crippen molar-refractivity contribution < 1.29 is 35.9 Å². The number of nitrogens with zero attached hydrogens (tertiary/aromatic N) is 3. The van der Waals surface area contributed by atoms with E-state index in [1.54, 1.807) is 13.1 Å². The van der Waals surface area contributed by atoms with E-state index in [2.05, 4.69) is 35.6 Å². The summed E-state index contributed by atoms with van der Waals surface area (Å²) in [6.07, 6.45) is -7.04. The van der Waals surface area contributed by atoms with E-state index >= 15 is 0 Å². The molecule has 0 bridgehead atoms. The molecular formula is C26H26F6N6O2. The minimum Gasteiger partial charge on any atom is -0.405 e. The van der Waals surface area contributed by atoms with E-state index in [0.29, 0.717) is 31.2 Å². The summed E-state index contributed by atoms with van der Waals surface area (Å²) in [5.74, 6) is -0.278. The van der Waals surface area contributed by atoms with Crippen LogP contribution in [0.3, 0.4) is 0 Å². The second-order valence-electron chi connectivity index (χ2n) is 9.20. The zero-order chi connectivity index (χ0) is 28.9. The van der Waals surface area contributed by atoms with Crippen molar-refractivity contribution in [2.45, 2.75) is 50.8 Å². The highest BCUT2D eigenvalue weighted by molar-refractivity contribution is 5.78. The second kappa shape index (κ2) is 12.0. The van der Waals surface area contributed by atoms with Crippen molar-refractivity contribution in [2.75, 3.05) is 17.7 Å². The fraction of sp³-hybridized carbons (Fsp3) is 0.385. The minimum absolute atomic E-state index is 0.0717. The fourth-order valence-corrected chi connectivity index (χ4v) is 4.37. The Labute approximate surface area is 225 Å². The van der Waals surface area contributed by atoms with Crippen LogP contribution in [0.4, 0.5) is 38.2 Å². The van der Waals surface area contributed by atoms with Gasteiger partial charge in [0.2, 0.25) is 17.8 Å². The monoisotopic (exact) mass is 568 g/mol. The van der Waals surface area contributed by atoms with E-state index in [9.17, 15) is 31.1 Å². The van der Waals surface area contributed by atoms with E-state index in [0.717, 1.165) is 12.1 Å². The number of para-hydroxylation sites is 1. The van der Waals surface area contributed by atoms with Crippen LogP contribution < -0.4 is 20.7 Å². The number of hydrogen-bond acceptors (Lipinski definition) is 7. The first-order valence-corrected chi connectivity index (χ1v) is 12.4. The smallest absolute Gasteiger partial charge is 0.405 e. The zero-order valence-electron chi connectivity index (χ0n) is 21.2. The molecule has 0 radical (unpaired) electrons. The average molecular weight is 569 g/mol. The summed E-state index contributed by atoms with van der Waals surface area (Å²) in [5.41, 5.74) is -0.183. The molecular weight excluding hydrogens is 542 g/mol. The largest absolute Gasteiger partial charge is 0.573 e. The molecule has 8 nitrogen and oxygen atoms in total. The Hall–Kier alpha value is -4.10. The standard InChI is InChI=1S/C26H26F6N6O2/c1-33-23-36-21(15-6-10-18(11-7-15)25(27,28)29)37-24(38-23)35-19-12-8-16(9-13-19)22(39)34-14-17-4-2-3-5-20(17)40-26(30,31)32/h2-7,10-11,16,19H,8-9,12-14H2,1H3,(H,34,39)(H2,33,35,36,37,38). The third kappa shape index (κ3) is 7.73. The quantitative estimate of drug-likeness (QED) is 0.296. The molecule has 214 valence electrons. The summed E-state index contributed by atoms with van der Waals surface area (Å²) in [6.45, 7) is -0.104. The summed E-state index contributed by atoms with van der Waals surface area (Å²) >= 11 is 0. The molecule has 0 spiro atoms.